The fourth-order valence-electron chi connectivity index (χ4n) is 4.03. The van der Waals surface area contributed by atoms with E-state index in [0.29, 0.717) is 0 Å². The molecule has 0 saturated heterocycles. The predicted octanol–water partition coefficient (Wildman–Crippen LogP) is 6.50. The Kier molecular flexibility index (Phi) is 6.95. The van der Waals surface area contributed by atoms with E-state index in [1.165, 1.54) is 0 Å². The monoisotopic (exact) mass is 458 g/mol. The van der Waals surface area contributed by atoms with Gasteiger partial charge in [-0.15, -0.1) is 0 Å². The van der Waals surface area contributed by atoms with Gasteiger partial charge in [0.25, 0.3) is 0 Å². The van der Waals surface area contributed by atoms with Gasteiger partial charge in [0.15, 0.2) is 0 Å². The first-order valence-corrected chi connectivity index (χ1v) is 12.9. The van der Waals surface area contributed by atoms with E-state index in [-0.39, 0.29) is 5.25 Å². The van der Waals surface area contributed by atoms with E-state index in [1.54, 1.807) is 11.8 Å². The van der Waals surface area contributed by atoms with Gasteiger partial charge in [0, 0.05) is 9.79 Å². The van der Waals surface area contributed by atoms with Gasteiger partial charge < -0.3 is 5.11 Å². The normalized spacial score (nSPS) is 13.5. The van der Waals surface area contributed by atoms with Gasteiger partial charge in [-0.3, -0.25) is 0 Å². The molecule has 0 spiro atoms. The van der Waals surface area contributed by atoms with E-state index >= 15 is 0 Å². The van der Waals surface area contributed by atoms with Crippen molar-refractivity contribution in [3.05, 3.63) is 131 Å². The lowest BCUT2D eigenvalue weighted by Gasteiger charge is -2.37. The second kappa shape index (κ2) is 9.86. The number of aliphatic hydroxyl groups is 1. The van der Waals surface area contributed by atoms with Crippen molar-refractivity contribution >= 4 is 22.6 Å². The van der Waals surface area contributed by atoms with Crippen LogP contribution in [0.15, 0.2) is 119 Å². The summed E-state index contributed by atoms with van der Waals surface area (Å²) in [6, 6.07) is 35.0. The van der Waals surface area contributed by atoms with Gasteiger partial charge in [-0.1, -0.05) is 96.6 Å². The zero-order valence-corrected chi connectivity index (χ0v) is 19.8. The number of thioether (sulfide) groups is 1. The summed E-state index contributed by atoms with van der Waals surface area (Å²) in [7, 11) is -1.36. The minimum atomic E-state index is -1.36. The SMILES string of the molecule is CS[C@@H](c1ccccc1[S@@](=O)c1ccc(C)cc1)C(O)(c1ccccc1)c1ccccc1. The highest BCUT2D eigenvalue weighted by Crippen LogP contribution is 2.49. The lowest BCUT2D eigenvalue weighted by Crippen LogP contribution is -2.34. The summed E-state index contributed by atoms with van der Waals surface area (Å²) in [5.41, 5.74) is 2.32. The standard InChI is InChI=1S/C28H26O2S2/c1-21-17-19-24(20-18-21)32(30)26-16-10-9-15-25(26)27(31-2)28(29,22-11-5-3-6-12-22)23-13-7-4-8-14-23/h3-20,27,29H,1-2H3/t27-,32-/m0/s1. The summed E-state index contributed by atoms with van der Waals surface area (Å²) < 4.78 is 13.6. The Morgan fingerprint density at radius 2 is 1.25 bits per heavy atom. The molecule has 0 fully saturated rings. The second-order valence-corrected chi connectivity index (χ2v) is 10.1. The molecule has 0 radical (unpaired) electrons. The Morgan fingerprint density at radius 1 is 0.750 bits per heavy atom. The van der Waals surface area contributed by atoms with Crippen LogP contribution < -0.4 is 0 Å². The van der Waals surface area contributed by atoms with Crippen molar-refractivity contribution in [1.29, 1.82) is 0 Å². The fraction of sp³-hybridized carbons (Fsp3) is 0.143. The van der Waals surface area contributed by atoms with Crippen LogP contribution in [0.3, 0.4) is 0 Å². The van der Waals surface area contributed by atoms with E-state index in [9.17, 15) is 9.32 Å². The molecule has 0 aliphatic rings. The van der Waals surface area contributed by atoms with Crippen molar-refractivity contribution in [1.82, 2.24) is 0 Å². The van der Waals surface area contributed by atoms with Crippen molar-refractivity contribution in [2.75, 3.05) is 6.26 Å². The van der Waals surface area contributed by atoms with Crippen molar-refractivity contribution in [2.24, 2.45) is 0 Å². The minimum Gasteiger partial charge on any atom is -0.379 e. The third-order valence-corrected chi connectivity index (χ3v) is 8.22. The van der Waals surface area contributed by atoms with Crippen LogP contribution in [0.5, 0.6) is 0 Å². The van der Waals surface area contributed by atoms with Crippen molar-refractivity contribution in [2.45, 2.75) is 27.6 Å². The van der Waals surface area contributed by atoms with E-state index in [1.807, 2.05) is 122 Å². The van der Waals surface area contributed by atoms with Crippen LogP contribution in [0.25, 0.3) is 0 Å². The lowest BCUT2D eigenvalue weighted by atomic mass is 9.81. The minimum absolute atomic E-state index is 0.363. The summed E-state index contributed by atoms with van der Waals surface area (Å²) in [4.78, 5) is 1.48. The number of rotatable bonds is 7. The molecule has 4 heteroatoms. The Hall–Kier alpha value is -2.66. The molecule has 4 aromatic rings. The van der Waals surface area contributed by atoms with E-state index in [4.69, 9.17) is 0 Å². The highest BCUT2D eigenvalue weighted by atomic mass is 32.2. The number of hydrogen-bond acceptors (Lipinski definition) is 3. The van der Waals surface area contributed by atoms with Gasteiger partial charge in [0.2, 0.25) is 0 Å². The molecule has 1 N–H and O–H groups in total. The van der Waals surface area contributed by atoms with Gasteiger partial charge in [0.05, 0.1) is 16.0 Å². The molecule has 4 aromatic carbocycles. The van der Waals surface area contributed by atoms with Crippen LogP contribution >= 0.6 is 11.8 Å². The first-order chi connectivity index (χ1) is 15.6. The average molecular weight is 459 g/mol. The average Bonchev–Trinajstić information content (AvgIpc) is 2.86. The first-order valence-electron chi connectivity index (χ1n) is 10.5. The predicted molar refractivity (Wildman–Crippen MR) is 134 cm³/mol. The van der Waals surface area contributed by atoms with Crippen LogP contribution in [-0.2, 0) is 16.4 Å². The Balaban J connectivity index is 1.89. The number of aryl methyl sites for hydroxylation is 1. The van der Waals surface area contributed by atoms with Gasteiger partial charge in [0.1, 0.15) is 5.60 Å². The molecule has 162 valence electrons. The van der Waals surface area contributed by atoms with Crippen LogP contribution in [0.1, 0.15) is 27.5 Å². The van der Waals surface area contributed by atoms with Gasteiger partial charge in [-0.25, -0.2) is 4.21 Å². The molecule has 0 unspecified atom stereocenters. The Bertz CT molecular complexity index is 1150. The zero-order valence-electron chi connectivity index (χ0n) is 18.1. The maximum atomic E-state index is 13.6. The molecule has 0 aliphatic carbocycles. The molecule has 0 amide bonds. The number of benzene rings is 4. The van der Waals surface area contributed by atoms with Crippen LogP contribution in [0.4, 0.5) is 0 Å². The molecule has 4 rings (SSSR count). The van der Waals surface area contributed by atoms with E-state index in [0.717, 1.165) is 32.0 Å². The molecule has 32 heavy (non-hydrogen) atoms. The maximum absolute atomic E-state index is 13.6. The third kappa shape index (κ3) is 4.31. The molecule has 0 aromatic heterocycles. The summed E-state index contributed by atoms with van der Waals surface area (Å²) in [6.07, 6.45) is 1.99. The van der Waals surface area contributed by atoms with Gasteiger partial charge >= 0.3 is 0 Å². The van der Waals surface area contributed by atoms with Crippen molar-refractivity contribution < 1.29 is 9.32 Å². The van der Waals surface area contributed by atoms with E-state index < -0.39 is 16.4 Å². The Labute approximate surface area is 196 Å². The highest BCUT2D eigenvalue weighted by molar-refractivity contribution is 7.99. The van der Waals surface area contributed by atoms with Crippen LogP contribution in [-0.4, -0.2) is 15.6 Å². The van der Waals surface area contributed by atoms with Gasteiger partial charge in [-0.05, 0) is 48.1 Å². The zero-order chi connectivity index (χ0) is 22.6. The summed E-state index contributed by atoms with van der Waals surface area (Å²) in [6.45, 7) is 2.02. The fourth-order valence-corrected chi connectivity index (χ4v) is 6.42. The van der Waals surface area contributed by atoms with E-state index in [2.05, 4.69) is 0 Å². The summed E-state index contributed by atoms with van der Waals surface area (Å²) in [5.74, 6) is 0. The molecule has 0 aliphatic heterocycles. The van der Waals surface area contributed by atoms with Crippen molar-refractivity contribution in [3.8, 4) is 0 Å². The molecule has 0 heterocycles. The largest absolute Gasteiger partial charge is 0.379 e. The van der Waals surface area contributed by atoms with Crippen LogP contribution in [0, 0.1) is 6.92 Å². The third-order valence-electron chi connectivity index (χ3n) is 5.68. The highest BCUT2D eigenvalue weighted by Gasteiger charge is 2.42. The first kappa shape index (κ1) is 22.5. The molecule has 2 atom stereocenters. The molecule has 0 bridgehead atoms. The number of hydrogen-bond donors (Lipinski definition) is 1. The summed E-state index contributed by atoms with van der Waals surface area (Å²) in [5, 5.41) is 12.0. The molecular formula is C28H26O2S2. The molecular weight excluding hydrogens is 432 g/mol. The quantitative estimate of drug-likeness (QED) is 0.343. The second-order valence-electron chi connectivity index (χ2n) is 7.73. The Morgan fingerprint density at radius 3 is 1.78 bits per heavy atom. The topological polar surface area (TPSA) is 37.3 Å². The smallest absolute Gasteiger partial charge is 0.130 e. The van der Waals surface area contributed by atoms with Crippen molar-refractivity contribution in [3.63, 3.8) is 0 Å². The van der Waals surface area contributed by atoms with Crippen LogP contribution in [0.2, 0.25) is 0 Å². The summed E-state index contributed by atoms with van der Waals surface area (Å²) >= 11 is 1.56. The maximum Gasteiger partial charge on any atom is 0.130 e. The molecule has 0 saturated carbocycles. The molecule has 2 nitrogen and oxygen atoms in total. The lowest BCUT2D eigenvalue weighted by molar-refractivity contribution is 0.0771. The van der Waals surface area contributed by atoms with Gasteiger partial charge in [-0.2, -0.15) is 11.8 Å².